The molecule has 5 atom stereocenters. The third-order valence-corrected chi connectivity index (χ3v) is 11.0. The van der Waals surface area contributed by atoms with Crippen molar-refractivity contribution in [3.05, 3.63) is 125 Å². The Kier molecular flexibility index (Phi) is 11.4. The van der Waals surface area contributed by atoms with Gasteiger partial charge >= 0.3 is 5.97 Å². The lowest BCUT2D eigenvalue weighted by molar-refractivity contribution is -0.276. The Morgan fingerprint density at radius 2 is 1.59 bits per heavy atom. The van der Waals surface area contributed by atoms with Gasteiger partial charge in [0.15, 0.2) is 6.29 Å². The van der Waals surface area contributed by atoms with E-state index in [-0.39, 0.29) is 48.2 Å². The molecule has 2 aliphatic heterocycles. The summed E-state index contributed by atoms with van der Waals surface area (Å²) in [5.41, 5.74) is 4.91. The quantitative estimate of drug-likeness (QED) is 0.161. The van der Waals surface area contributed by atoms with Crippen molar-refractivity contribution in [3.8, 4) is 11.1 Å². The second-order valence-electron chi connectivity index (χ2n) is 14.5. The van der Waals surface area contributed by atoms with E-state index in [0.29, 0.717) is 6.54 Å². The fraction of sp³-hybridized carbons (Fsp3) is 0.390. The average molecular weight is 713 g/mol. The largest absolute Gasteiger partial charge is 0.459 e. The van der Waals surface area contributed by atoms with Gasteiger partial charge in [-0.25, -0.2) is 13.1 Å². The molecule has 0 amide bonds. The van der Waals surface area contributed by atoms with E-state index in [0.717, 1.165) is 52.8 Å². The topological polar surface area (TPSA) is 114 Å². The third kappa shape index (κ3) is 9.13. The molecule has 4 aromatic rings. The molecule has 0 aliphatic carbocycles. The van der Waals surface area contributed by atoms with Gasteiger partial charge in [-0.05, 0) is 86.2 Å². The van der Waals surface area contributed by atoms with Gasteiger partial charge in [-0.3, -0.25) is 9.69 Å². The molecule has 10 heteroatoms. The van der Waals surface area contributed by atoms with E-state index in [1.807, 2.05) is 93.6 Å². The molecule has 0 bridgehead atoms. The zero-order valence-electron chi connectivity index (χ0n) is 29.7. The van der Waals surface area contributed by atoms with Gasteiger partial charge in [0.1, 0.15) is 11.6 Å². The second-order valence-corrected chi connectivity index (χ2v) is 16.2. The third-order valence-electron chi connectivity index (χ3n) is 9.54. The summed E-state index contributed by atoms with van der Waals surface area (Å²) in [6, 6.07) is 31.7. The Morgan fingerprint density at radius 3 is 2.27 bits per heavy atom. The van der Waals surface area contributed by atoms with Gasteiger partial charge in [0.05, 0.1) is 23.7 Å². The first-order valence-electron chi connectivity index (χ1n) is 17.6. The standard InChI is InChI=1S/C41H48N2O7S/c1-28-37(26-43-23-9-14-36(43)39(45)50-41(2,3)4)48-40(49-38(28)32-17-15-29(27-44)16-18-32)33-21-19-31(20-22-33)34-11-8-10-30(24-34)25-42-51(46,47)35-12-6-5-7-13-35/h5-8,10-13,15-22,24,28,36-38,40,42,44H,9,14,23,25-27H2,1-4H3/t28-,36-,37+,38+,40+/m0/s1. The van der Waals surface area contributed by atoms with Gasteiger partial charge in [-0.15, -0.1) is 0 Å². The first kappa shape index (κ1) is 36.9. The summed E-state index contributed by atoms with van der Waals surface area (Å²) in [5.74, 6) is -0.219. The van der Waals surface area contributed by atoms with Gasteiger partial charge in [0.25, 0.3) is 0 Å². The van der Waals surface area contributed by atoms with Crippen molar-refractivity contribution in [3.63, 3.8) is 0 Å². The molecule has 0 spiro atoms. The number of hydrogen-bond acceptors (Lipinski definition) is 8. The number of aliphatic hydroxyl groups is 1. The Hall–Kier alpha value is -3.90. The maximum absolute atomic E-state index is 13.2. The van der Waals surface area contributed by atoms with Crippen LogP contribution in [0.15, 0.2) is 108 Å². The maximum atomic E-state index is 13.2. The molecule has 2 aliphatic rings. The number of aliphatic hydroxyl groups excluding tert-OH is 1. The summed E-state index contributed by atoms with van der Waals surface area (Å²) >= 11 is 0. The van der Waals surface area contributed by atoms with Crippen LogP contribution in [0.25, 0.3) is 11.1 Å². The lowest BCUT2D eigenvalue weighted by Gasteiger charge is -2.43. The maximum Gasteiger partial charge on any atom is 0.323 e. The molecular weight excluding hydrogens is 665 g/mol. The number of carbonyl (C=O) groups excluding carboxylic acids is 1. The average Bonchev–Trinajstić information content (AvgIpc) is 3.60. The number of carbonyl (C=O) groups is 1. The van der Waals surface area contributed by atoms with Crippen LogP contribution < -0.4 is 4.72 Å². The highest BCUT2D eigenvalue weighted by Crippen LogP contribution is 2.42. The van der Waals surface area contributed by atoms with Crippen LogP contribution >= 0.6 is 0 Å². The number of ether oxygens (including phenoxy) is 3. The fourth-order valence-electron chi connectivity index (χ4n) is 6.80. The van der Waals surface area contributed by atoms with Crippen LogP contribution in [0.5, 0.6) is 0 Å². The molecule has 2 fully saturated rings. The van der Waals surface area contributed by atoms with E-state index >= 15 is 0 Å². The second kappa shape index (κ2) is 15.8. The van der Waals surface area contributed by atoms with E-state index in [1.54, 1.807) is 30.3 Å². The smallest absolute Gasteiger partial charge is 0.323 e. The Bertz CT molecular complexity index is 1880. The molecule has 9 nitrogen and oxygen atoms in total. The number of hydrogen-bond donors (Lipinski definition) is 2. The molecule has 0 radical (unpaired) electrons. The van der Waals surface area contributed by atoms with Crippen molar-refractivity contribution in [1.29, 1.82) is 0 Å². The van der Waals surface area contributed by atoms with E-state index < -0.39 is 21.9 Å². The molecule has 270 valence electrons. The Balaban J connectivity index is 1.20. The molecule has 4 aromatic carbocycles. The summed E-state index contributed by atoms with van der Waals surface area (Å²) in [5, 5.41) is 9.62. The van der Waals surface area contributed by atoms with Crippen molar-refractivity contribution in [1.82, 2.24) is 9.62 Å². The van der Waals surface area contributed by atoms with E-state index in [9.17, 15) is 18.3 Å². The van der Waals surface area contributed by atoms with Crippen LogP contribution in [0.3, 0.4) is 0 Å². The summed E-state index contributed by atoms with van der Waals surface area (Å²) in [7, 11) is -3.63. The Labute approximate surface area is 301 Å². The van der Waals surface area contributed by atoms with Gasteiger partial charge in [-0.2, -0.15) is 0 Å². The number of sulfonamides is 1. The summed E-state index contributed by atoms with van der Waals surface area (Å²) < 4.78 is 47.4. The van der Waals surface area contributed by atoms with Crippen molar-refractivity contribution in [2.24, 2.45) is 5.92 Å². The molecule has 6 rings (SSSR count). The number of rotatable bonds is 11. The van der Waals surface area contributed by atoms with Crippen LogP contribution in [-0.2, 0) is 42.2 Å². The monoisotopic (exact) mass is 712 g/mol. The van der Waals surface area contributed by atoms with Crippen LogP contribution in [0, 0.1) is 5.92 Å². The summed E-state index contributed by atoms with van der Waals surface area (Å²) in [4.78, 5) is 15.6. The van der Waals surface area contributed by atoms with Crippen LogP contribution in [0.4, 0.5) is 0 Å². The minimum atomic E-state index is -3.63. The lowest BCUT2D eigenvalue weighted by atomic mass is 9.89. The highest BCUT2D eigenvalue weighted by Gasteiger charge is 2.42. The number of nitrogens with zero attached hydrogens (tertiary/aromatic N) is 1. The summed E-state index contributed by atoms with van der Waals surface area (Å²) in [6.07, 6.45) is 0.511. The number of nitrogens with one attached hydrogen (secondary N) is 1. The molecule has 51 heavy (non-hydrogen) atoms. The highest BCUT2D eigenvalue weighted by atomic mass is 32.2. The first-order valence-corrected chi connectivity index (χ1v) is 19.1. The van der Waals surface area contributed by atoms with Crippen LogP contribution in [0.2, 0.25) is 0 Å². The van der Waals surface area contributed by atoms with Crippen molar-refractivity contribution in [2.45, 2.75) is 88.7 Å². The zero-order valence-corrected chi connectivity index (χ0v) is 30.5. The Morgan fingerprint density at radius 1 is 0.882 bits per heavy atom. The van der Waals surface area contributed by atoms with E-state index in [1.165, 1.54) is 0 Å². The van der Waals surface area contributed by atoms with Gasteiger partial charge in [0.2, 0.25) is 10.0 Å². The van der Waals surface area contributed by atoms with Crippen LogP contribution in [0.1, 0.15) is 75.2 Å². The number of esters is 1. The lowest BCUT2D eigenvalue weighted by Crippen LogP contribution is -2.48. The van der Waals surface area contributed by atoms with E-state index in [4.69, 9.17) is 14.2 Å². The van der Waals surface area contributed by atoms with Crippen molar-refractivity contribution in [2.75, 3.05) is 13.1 Å². The SMILES string of the molecule is C[C@H]1[C@@H](CN2CCC[C@H]2C(=O)OC(C)(C)C)O[C@@H](c2ccc(-c3cccc(CNS(=O)(=O)c4ccccc4)c3)cc2)O[C@H]1c1ccc(CO)cc1. The fourth-order valence-corrected chi connectivity index (χ4v) is 7.83. The molecule has 2 N–H and O–H groups in total. The molecular formula is C41H48N2O7S. The minimum Gasteiger partial charge on any atom is -0.459 e. The predicted octanol–water partition coefficient (Wildman–Crippen LogP) is 6.92. The van der Waals surface area contributed by atoms with Crippen molar-refractivity contribution < 1.29 is 32.5 Å². The number of benzene rings is 4. The predicted molar refractivity (Wildman–Crippen MR) is 196 cm³/mol. The van der Waals surface area contributed by atoms with E-state index in [2.05, 4.69) is 16.5 Å². The summed E-state index contributed by atoms with van der Waals surface area (Å²) in [6.45, 7) is 9.29. The first-order chi connectivity index (χ1) is 24.4. The van der Waals surface area contributed by atoms with Gasteiger partial charge < -0.3 is 19.3 Å². The van der Waals surface area contributed by atoms with Crippen molar-refractivity contribution >= 4 is 16.0 Å². The van der Waals surface area contributed by atoms with Crippen LogP contribution in [-0.4, -0.2) is 55.2 Å². The minimum absolute atomic E-state index is 0.0255. The normalized spacial score (nSPS) is 22.9. The highest BCUT2D eigenvalue weighted by molar-refractivity contribution is 7.89. The van der Waals surface area contributed by atoms with Gasteiger partial charge in [0, 0.05) is 24.6 Å². The molecule has 0 unspecified atom stereocenters. The number of likely N-dealkylation sites (tertiary alicyclic amines) is 1. The zero-order chi connectivity index (χ0) is 36.2. The molecule has 0 saturated carbocycles. The van der Waals surface area contributed by atoms with Gasteiger partial charge in [-0.1, -0.05) is 91.9 Å². The molecule has 2 saturated heterocycles. The molecule has 2 heterocycles. The molecule has 0 aromatic heterocycles.